The van der Waals surface area contributed by atoms with Gasteiger partial charge < -0.3 is 14.7 Å². The molecule has 98 valence electrons. The van der Waals surface area contributed by atoms with Crippen molar-refractivity contribution in [2.24, 2.45) is 5.92 Å². The summed E-state index contributed by atoms with van der Waals surface area (Å²) in [5.74, 6) is -0.0306. The Morgan fingerprint density at radius 1 is 1.24 bits per heavy atom. The van der Waals surface area contributed by atoms with E-state index in [0.29, 0.717) is 25.7 Å². The van der Waals surface area contributed by atoms with E-state index in [4.69, 9.17) is 0 Å². The van der Waals surface area contributed by atoms with Crippen LogP contribution in [0.3, 0.4) is 0 Å². The number of alkyl halides is 2. The Bertz CT molecular complexity index is 274. The second-order valence-electron chi connectivity index (χ2n) is 4.77. The zero-order valence-electron chi connectivity index (χ0n) is 9.52. The van der Waals surface area contributed by atoms with Gasteiger partial charge in [0.25, 0.3) is 0 Å². The highest BCUT2D eigenvalue weighted by atomic mass is 19.3. The van der Waals surface area contributed by atoms with Crippen molar-refractivity contribution in [2.45, 2.75) is 44.5 Å². The van der Waals surface area contributed by atoms with Gasteiger partial charge in [-0.15, -0.1) is 0 Å². The molecule has 0 aromatic rings. The second-order valence-corrected chi connectivity index (χ2v) is 4.77. The zero-order valence-corrected chi connectivity index (χ0v) is 9.52. The molecule has 1 amide bonds. The van der Waals surface area contributed by atoms with E-state index >= 15 is 0 Å². The third-order valence-electron chi connectivity index (χ3n) is 3.50. The smallest absolute Gasteiger partial charge is 0.345 e. The molecular weight excluding hydrogens is 232 g/mol. The number of halogens is 2. The van der Waals surface area contributed by atoms with Gasteiger partial charge in [-0.3, -0.25) is 4.79 Å². The number of rotatable bonds is 3. The predicted octanol–water partition coefficient (Wildman–Crippen LogP) is 0.987. The molecule has 1 N–H and O–H groups in total. The lowest BCUT2D eigenvalue weighted by molar-refractivity contribution is -0.200. The molecule has 0 unspecified atom stereocenters. The number of hydrogen-bond donors (Lipinski definition) is 1. The molecule has 1 aliphatic carbocycles. The van der Waals surface area contributed by atoms with Gasteiger partial charge in [0.15, 0.2) is 0 Å². The Morgan fingerprint density at radius 3 is 2.35 bits per heavy atom. The van der Waals surface area contributed by atoms with Crippen molar-refractivity contribution in [2.75, 3.05) is 13.1 Å². The van der Waals surface area contributed by atoms with E-state index < -0.39 is 12.7 Å². The van der Waals surface area contributed by atoms with Crippen LogP contribution >= 0.6 is 0 Å². The van der Waals surface area contributed by atoms with Crippen molar-refractivity contribution in [1.82, 2.24) is 4.90 Å². The lowest BCUT2D eigenvalue weighted by Gasteiger charge is -2.41. The summed E-state index contributed by atoms with van der Waals surface area (Å²) in [5.41, 5.74) is 0. The molecule has 2 aliphatic rings. The Labute approximate surface area is 98.5 Å². The highest BCUT2D eigenvalue weighted by molar-refractivity contribution is 5.79. The molecule has 1 heterocycles. The van der Waals surface area contributed by atoms with Gasteiger partial charge in [-0.05, 0) is 25.7 Å². The number of nitrogens with zero attached hydrogens (tertiary/aromatic N) is 1. The van der Waals surface area contributed by atoms with Crippen molar-refractivity contribution in [1.29, 1.82) is 0 Å². The minimum Gasteiger partial charge on any atom is -0.393 e. The highest BCUT2D eigenvalue weighted by Gasteiger charge is 2.37. The number of aliphatic hydroxyl groups excluding tert-OH is 1. The number of amides is 1. The quantitative estimate of drug-likeness (QED) is 0.811. The minimum absolute atomic E-state index is 0.0195. The molecule has 0 aromatic heterocycles. The highest BCUT2D eigenvalue weighted by Crippen LogP contribution is 2.28. The molecular formula is C11H17F2NO3. The van der Waals surface area contributed by atoms with Crippen LogP contribution < -0.4 is 0 Å². The monoisotopic (exact) mass is 249 g/mol. The van der Waals surface area contributed by atoms with Crippen molar-refractivity contribution in [3.8, 4) is 0 Å². The van der Waals surface area contributed by atoms with Crippen molar-refractivity contribution >= 4 is 5.91 Å². The lowest BCUT2D eigenvalue weighted by atomic mass is 9.86. The summed E-state index contributed by atoms with van der Waals surface area (Å²) in [6, 6.07) is 0. The van der Waals surface area contributed by atoms with Crippen LogP contribution in [0.5, 0.6) is 0 Å². The third-order valence-corrected chi connectivity index (χ3v) is 3.50. The van der Waals surface area contributed by atoms with Gasteiger partial charge in [0, 0.05) is 19.0 Å². The summed E-state index contributed by atoms with van der Waals surface area (Å²) in [7, 11) is 0. The topological polar surface area (TPSA) is 49.8 Å². The first kappa shape index (κ1) is 12.7. The molecule has 0 aromatic carbocycles. The van der Waals surface area contributed by atoms with Crippen LogP contribution in [0, 0.1) is 5.92 Å². The van der Waals surface area contributed by atoms with Crippen molar-refractivity contribution in [3.63, 3.8) is 0 Å². The van der Waals surface area contributed by atoms with Gasteiger partial charge in [-0.1, -0.05) is 0 Å². The van der Waals surface area contributed by atoms with Crippen LogP contribution in [0.4, 0.5) is 8.78 Å². The van der Waals surface area contributed by atoms with Gasteiger partial charge in [0.2, 0.25) is 5.91 Å². The molecule has 0 atom stereocenters. The minimum atomic E-state index is -2.76. The summed E-state index contributed by atoms with van der Waals surface area (Å²) in [5, 5.41) is 9.33. The Kier molecular flexibility index (Phi) is 3.93. The van der Waals surface area contributed by atoms with Crippen LogP contribution in [0.15, 0.2) is 0 Å². The fraction of sp³-hybridized carbons (Fsp3) is 0.909. The van der Waals surface area contributed by atoms with E-state index in [9.17, 15) is 18.7 Å². The molecule has 4 nitrogen and oxygen atoms in total. The summed E-state index contributed by atoms with van der Waals surface area (Å²) in [4.78, 5) is 13.5. The van der Waals surface area contributed by atoms with Gasteiger partial charge in [0.05, 0.1) is 12.2 Å². The maximum Gasteiger partial charge on any atom is 0.345 e. The predicted molar refractivity (Wildman–Crippen MR) is 55.4 cm³/mol. The molecule has 1 aliphatic heterocycles. The molecule has 17 heavy (non-hydrogen) atoms. The summed E-state index contributed by atoms with van der Waals surface area (Å²) in [6.45, 7) is -2.23. The molecule has 2 rings (SSSR count). The van der Waals surface area contributed by atoms with Gasteiger partial charge in [0.1, 0.15) is 0 Å². The fourth-order valence-corrected chi connectivity index (χ4v) is 2.43. The number of ether oxygens (including phenoxy) is 1. The van der Waals surface area contributed by atoms with Crippen LogP contribution in [0.2, 0.25) is 0 Å². The van der Waals surface area contributed by atoms with E-state index in [-0.39, 0.29) is 31.0 Å². The summed E-state index contributed by atoms with van der Waals surface area (Å²) < 4.78 is 28.1. The molecule has 2 fully saturated rings. The van der Waals surface area contributed by atoms with E-state index in [1.807, 2.05) is 0 Å². The number of likely N-dealkylation sites (tertiary alicyclic amines) is 1. The average Bonchev–Trinajstić information content (AvgIpc) is 2.23. The number of carbonyl (C=O) groups is 1. The van der Waals surface area contributed by atoms with Gasteiger partial charge in [-0.25, -0.2) is 0 Å². The molecule has 1 saturated carbocycles. The van der Waals surface area contributed by atoms with Crippen LogP contribution in [-0.4, -0.2) is 47.8 Å². The number of hydrogen-bond acceptors (Lipinski definition) is 3. The van der Waals surface area contributed by atoms with Crippen LogP contribution in [0.25, 0.3) is 0 Å². The lowest BCUT2D eigenvalue weighted by Crippen LogP contribution is -2.57. The normalized spacial score (nSPS) is 30.5. The Morgan fingerprint density at radius 2 is 1.82 bits per heavy atom. The molecule has 0 radical (unpaired) electrons. The zero-order chi connectivity index (χ0) is 12.4. The standard InChI is InChI=1S/C11H17F2NO3/c12-11(13)17-9-5-14(6-9)10(16)7-1-3-8(15)4-2-7/h7-9,11,15H,1-6H2. The summed E-state index contributed by atoms with van der Waals surface area (Å²) in [6.07, 6.45) is 1.88. The first-order valence-corrected chi connectivity index (χ1v) is 5.96. The largest absolute Gasteiger partial charge is 0.393 e. The average molecular weight is 249 g/mol. The van der Waals surface area contributed by atoms with E-state index in [0.717, 1.165) is 0 Å². The number of carbonyl (C=O) groups excluding carboxylic acids is 1. The number of aliphatic hydroxyl groups is 1. The van der Waals surface area contributed by atoms with Crippen LogP contribution in [-0.2, 0) is 9.53 Å². The van der Waals surface area contributed by atoms with Crippen molar-refractivity contribution < 1.29 is 23.4 Å². The van der Waals surface area contributed by atoms with E-state index in [1.54, 1.807) is 4.90 Å². The first-order chi connectivity index (χ1) is 8.06. The van der Waals surface area contributed by atoms with Crippen LogP contribution in [0.1, 0.15) is 25.7 Å². The SMILES string of the molecule is O=C(C1CCC(O)CC1)N1CC(OC(F)F)C1. The van der Waals surface area contributed by atoms with E-state index in [1.165, 1.54) is 0 Å². The Balaban J connectivity index is 1.72. The third kappa shape index (κ3) is 3.13. The molecule has 0 bridgehead atoms. The molecule has 1 saturated heterocycles. The second kappa shape index (κ2) is 5.27. The van der Waals surface area contributed by atoms with Gasteiger partial charge in [-0.2, -0.15) is 8.78 Å². The first-order valence-electron chi connectivity index (χ1n) is 5.96. The van der Waals surface area contributed by atoms with Gasteiger partial charge >= 0.3 is 6.61 Å². The van der Waals surface area contributed by atoms with E-state index in [2.05, 4.69) is 4.74 Å². The maximum absolute atomic E-state index is 11.9. The van der Waals surface area contributed by atoms with Crippen molar-refractivity contribution in [3.05, 3.63) is 0 Å². The summed E-state index contributed by atoms with van der Waals surface area (Å²) >= 11 is 0. The molecule has 6 heteroatoms. The maximum atomic E-state index is 11.9. The Hall–Kier alpha value is -0.750. The molecule has 0 spiro atoms. The fourth-order valence-electron chi connectivity index (χ4n) is 2.43.